The maximum Gasteiger partial charge on any atom is 0.269 e. The Balaban J connectivity index is 1.32. The van der Waals surface area contributed by atoms with Gasteiger partial charge in [-0.1, -0.05) is 65.2 Å². The summed E-state index contributed by atoms with van der Waals surface area (Å²) < 4.78 is 11.6. The Morgan fingerprint density at radius 1 is 0.929 bits per heavy atom. The Kier molecular flexibility index (Phi) is 9.55. The summed E-state index contributed by atoms with van der Waals surface area (Å²) >= 11 is 12.7. The predicted molar refractivity (Wildman–Crippen MR) is 205 cm³/mol. The summed E-state index contributed by atoms with van der Waals surface area (Å²) in [5, 5.41) is 22.6. The van der Waals surface area contributed by atoms with Crippen molar-refractivity contribution in [3.8, 4) is 11.5 Å². The summed E-state index contributed by atoms with van der Waals surface area (Å²) in [6.07, 6.45) is 2.10. The first-order valence-electron chi connectivity index (χ1n) is 17.9. The van der Waals surface area contributed by atoms with Crippen molar-refractivity contribution >= 4 is 63.9 Å². The number of imide groups is 2. The lowest BCUT2D eigenvalue weighted by molar-refractivity contribution is -0.384. The van der Waals surface area contributed by atoms with Gasteiger partial charge in [-0.05, 0) is 72.9 Å². The van der Waals surface area contributed by atoms with E-state index in [0.29, 0.717) is 33.2 Å². The number of anilines is 2. The predicted octanol–water partition coefficient (Wildman–Crippen LogP) is 6.47. The van der Waals surface area contributed by atoms with Crippen molar-refractivity contribution in [2.24, 2.45) is 23.7 Å². The smallest absolute Gasteiger partial charge is 0.269 e. The number of methoxy groups -OCH3 is 1. The van der Waals surface area contributed by atoms with Gasteiger partial charge in [-0.2, -0.15) is 5.01 Å². The number of hydrogen-bond donors (Lipinski definition) is 2. The van der Waals surface area contributed by atoms with Crippen LogP contribution in [-0.4, -0.2) is 59.0 Å². The van der Waals surface area contributed by atoms with E-state index < -0.39 is 63.6 Å². The Bertz CT molecular complexity index is 2320. The minimum Gasteiger partial charge on any atom is -0.497 e. The molecule has 56 heavy (non-hydrogen) atoms. The van der Waals surface area contributed by atoms with Crippen LogP contribution in [0.25, 0.3) is 0 Å². The van der Waals surface area contributed by atoms with Crippen LogP contribution < -0.4 is 19.8 Å². The molecule has 4 aromatic carbocycles. The molecule has 0 bridgehead atoms. The highest BCUT2D eigenvalue weighted by atomic mass is 35.5. The number of nitro benzene ring substituents is 1. The third kappa shape index (κ3) is 5.72. The number of allylic oxidation sites excluding steroid dienone is 2. The summed E-state index contributed by atoms with van der Waals surface area (Å²) in [7, 11) is 1.52. The van der Waals surface area contributed by atoms with E-state index in [0.717, 1.165) is 9.91 Å². The number of fused-ring (bicyclic) bond motifs is 4. The summed E-state index contributed by atoms with van der Waals surface area (Å²) in [6, 6.07) is 23.9. The van der Waals surface area contributed by atoms with Crippen molar-refractivity contribution in [1.29, 1.82) is 0 Å². The molecule has 2 N–H and O–H groups in total. The lowest BCUT2D eigenvalue weighted by Gasteiger charge is -2.50. The number of rotatable bonds is 10. The number of benzene rings is 4. The summed E-state index contributed by atoms with van der Waals surface area (Å²) in [5.41, 5.74) is 3.38. The number of aliphatic hydroxyl groups excluding tert-OH is 1. The molecule has 15 heteroatoms. The van der Waals surface area contributed by atoms with Gasteiger partial charge in [-0.3, -0.25) is 39.6 Å². The minimum absolute atomic E-state index is 0.0272. The van der Waals surface area contributed by atoms with E-state index in [2.05, 4.69) is 5.43 Å². The van der Waals surface area contributed by atoms with E-state index in [-0.39, 0.29) is 48.1 Å². The average Bonchev–Trinajstić information content (AvgIpc) is 3.58. The van der Waals surface area contributed by atoms with Crippen LogP contribution >= 0.6 is 23.2 Å². The molecule has 2 saturated heterocycles. The second-order valence-electron chi connectivity index (χ2n) is 14.1. The largest absolute Gasteiger partial charge is 0.497 e. The highest BCUT2D eigenvalue weighted by Crippen LogP contribution is 2.65. The third-order valence-electron chi connectivity index (χ3n) is 11.5. The van der Waals surface area contributed by atoms with Crippen LogP contribution in [0.4, 0.5) is 17.1 Å². The Hall–Kier alpha value is -5.76. The maximum absolute atomic E-state index is 15.5. The monoisotopic (exact) mass is 796 g/mol. The topological polar surface area (TPSA) is 169 Å². The van der Waals surface area contributed by atoms with Gasteiger partial charge in [-0.25, -0.2) is 0 Å². The molecule has 13 nitrogen and oxygen atoms in total. The minimum atomic E-state index is -1.62. The molecule has 8 rings (SSSR count). The van der Waals surface area contributed by atoms with Crippen LogP contribution in [0.15, 0.2) is 103 Å². The van der Waals surface area contributed by atoms with Gasteiger partial charge in [0, 0.05) is 28.6 Å². The van der Waals surface area contributed by atoms with Gasteiger partial charge in [0.2, 0.25) is 11.8 Å². The number of amides is 4. The molecule has 4 aromatic rings. The van der Waals surface area contributed by atoms with E-state index in [1.165, 1.54) is 37.4 Å². The molecule has 0 radical (unpaired) electrons. The first-order valence-corrected chi connectivity index (χ1v) is 18.7. The molecule has 6 atom stereocenters. The fourth-order valence-electron chi connectivity index (χ4n) is 9.17. The fourth-order valence-corrected chi connectivity index (χ4v) is 9.62. The number of hydrogen-bond acceptors (Lipinski definition) is 10. The Morgan fingerprint density at radius 2 is 1.66 bits per heavy atom. The van der Waals surface area contributed by atoms with Crippen molar-refractivity contribution < 1.29 is 38.7 Å². The van der Waals surface area contributed by atoms with Crippen LogP contribution in [-0.2, 0) is 24.6 Å². The molecular formula is C41H34Cl2N4O9. The van der Waals surface area contributed by atoms with Crippen molar-refractivity contribution in [3.05, 3.63) is 134 Å². The molecule has 0 spiro atoms. The molecule has 1 saturated carbocycles. The molecule has 2 aliphatic carbocycles. The summed E-state index contributed by atoms with van der Waals surface area (Å²) in [4.78, 5) is 71.1. The SMILES string of the molecule is COc1ccc(C23C(=O)N(Nc4ccc(Cl)cc4Cl)C(=O)C2CC2C(=CCC4C(=O)N(c5ccc([N+](=O)[O-])cc5)C(=O)C42)C3c2ccccc2OCCO)cc1. The second-order valence-corrected chi connectivity index (χ2v) is 15.0. The van der Waals surface area contributed by atoms with Crippen molar-refractivity contribution in [1.82, 2.24) is 5.01 Å². The number of carbonyl (C=O) groups is 4. The van der Waals surface area contributed by atoms with Crippen LogP contribution in [0, 0.1) is 33.8 Å². The summed E-state index contributed by atoms with van der Waals surface area (Å²) in [6.45, 7) is -0.338. The van der Waals surface area contributed by atoms with E-state index in [9.17, 15) is 24.8 Å². The van der Waals surface area contributed by atoms with Gasteiger partial charge in [-0.15, -0.1) is 0 Å². The van der Waals surface area contributed by atoms with E-state index >= 15 is 9.59 Å². The summed E-state index contributed by atoms with van der Waals surface area (Å²) in [5.74, 6) is -5.55. The standard InChI is InChI=1S/C41H34Cl2N4O9/c1-55-26-13-6-22(7-14-26)41-31(38(50)46(40(41)52)44-33-17-8-23(42)20-32(33)43)21-30-27(36(41)28-4-2-3-5-34(28)56-19-18-48)15-16-29-35(30)39(51)45(37(29)49)24-9-11-25(12-10-24)47(53)54/h2-15,17,20,29-31,35-36,44,48H,16,18-19,21H2,1H3. The number of aliphatic hydroxyl groups is 1. The number of hydrazine groups is 1. The number of carbonyl (C=O) groups excluding carboxylic acids is 4. The molecule has 3 fully saturated rings. The van der Waals surface area contributed by atoms with Gasteiger partial charge >= 0.3 is 0 Å². The molecule has 0 aromatic heterocycles. The normalized spacial score (nSPS) is 25.4. The number of para-hydroxylation sites is 1. The molecule has 2 aliphatic heterocycles. The molecule has 4 amide bonds. The number of nitrogens with zero attached hydrogens (tertiary/aromatic N) is 3. The molecule has 4 aliphatic rings. The zero-order valence-electron chi connectivity index (χ0n) is 29.8. The lowest BCUT2D eigenvalue weighted by atomic mass is 9.49. The number of non-ortho nitro benzene ring substituents is 1. The first-order chi connectivity index (χ1) is 27.0. The highest BCUT2D eigenvalue weighted by molar-refractivity contribution is 6.36. The lowest BCUT2D eigenvalue weighted by Crippen LogP contribution is -2.53. The number of nitro groups is 1. The number of ether oxygens (including phenoxy) is 2. The van der Waals surface area contributed by atoms with Crippen molar-refractivity contribution in [3.63, 3.8) is 0 Å². The Labute approximate surface area is 330 Å². The van der Waals surface area contributed by atoms with Gasteiger partial charge in [0.05, 0.1) is 58.2 Å². The maximum atomic E-state index is 15.5. The van der Waals surface area contributed by atoms with Crippen LogP contribution in [0.5, 0.6) is 11.5 Å². The van der Waals surface area contributed by atoms with Crippen molar-refractivity contribution in [2.45, 2.75) is 24.2 Å². The van der Waals surface area contributed by atoms with Gasteiger partial charge in [0.1, 0.15) is 18.1 Å². The van der Waals surface area contributed by atoms with Gasteiger partial charge in [0.25, 0.3) is 17.5 Å². The molecule has 6 unspecified atom stereocenters. The van der Waals surface area contributed by atoms with Gasteiger partial charge in [0.15, 0.2) is 0 Å². The third-order valence-corrected chi connectivity index (χ3v) is 12.0. The van der Waals surface area contributed by atoms with Crippen LogP contribution in [0.2, 0.25) is 10.0 Å². The molecule has 286 valence electrons. The quantitative estimate of drug-likeness (QED) is 0.0786. The average molecular weight is 798 g/mol. The zero-order chi connectivity index (χ0) is 39.5. The fraction of sp³-hybridized carbons (Fsp3) is 0.268. The molecular weight excluding hydrogens is 763 g/mol. The Morgan fingerprint density at radius 3 is 2.34 bits per heavy atom. The van der Waals surface area contributed by atoms with Crippen LogP contribution in [0.1, 0.15) is 29.9 Å². The van der Waals surface area contributed by atoms with Crippen LogP contribution in [0.3, 0.4) is 0 Å². The van der Waals surface area contributed by atoms with E-state index in [1.807, 2.05) is 12.1 Å². The number of nitrogens with one attached hydrogen (secondary N) is 1. The van der Waals surface area contributed by atoms with Gasteiger partial charge < -0.3 is 14.6 Å². The van der Waals surface area contributed by atoms with E-state index in [1.54, 1.807) is 54.6 Å². The highest BCUT2D eigenvalue weighted by Gasteiger charge is 2.70. The second kappa shape index (κ2) is 14.4. The van der Waals surface area contributed by atoms with E-state index in [4.69, 9.17) is 32.7 Å². The zero-order valence-corrected chi connectivity index (χ0v) is 31.3. The molecule has 2 heterocycles. The first kappa shape index (κ1) is 37.2. The number of halogens is 2. The van der Waals surface area contributed by atoms with Crippen molar-refractivity contribution in [2.75, 3.05) is 30.6 Å².